The molecule has 3 rings (SSSR count). The number of fused-ring (bicyclic) bond motifs is 1. The van der Waals surface area contributed by atoms with Crippen LogP contribution in [0, 0.1) is 0 Å². The number of aromatic nitrogens is 2. The molecular formula is C18H17BrN2O2. The SMILES string of the molecule is O=c1c(-c2ccccc2)c2ccccn2c(=O)n1CCCCBr. The van der Waals surface area contributed by atoms with Crippen LogP contribution in [0.25, 0.3) is 16.6 Å². The van der Waals surface area contributed by atoms with Crippen molar-refractivity contribution in [3.63, 3.8) is 0 Å². The minimum Gasteiger partial charge on any atom is -0.269 e. The highest BCUT2D eigenvalue weighted by Crippen LogP contribution is 2.19. The van der Waals surface area contributed by atoms with Crippen LogP contribution in [0.15, 0.2) is 64.3 Å². The van der Waals surface area contributed by atoms with Crippen LogP contribution in [-0.2, 0) is 6.54 Å². The van der Waals surface area contributed by atoms with Gasteiger partial charge in [-0.3, -0.25) is 13.8 Å². The van der Waals surface area contributed by atoms with Crippen LogP contribution in [-0.4, -0.2) is 14.3 Å². The van der Waals surface area contributed by atoms with Crippen molar-refractivity contribution in [1.29, 1.82) is 0 Å². The molecule has 0 unspecified atom stereocenters. The standard InChI is InChI=1S/C18H17BrN2O2/c19-11-5-7-13-21-17(22)16(14-8-2-1-3-9-14)15-10-4-6-12-20(15)18(21)23/h1-4,6,8-10,12H,5,7,11,13H2. The highest BCUT2D eigenvalue weighted by Gasteiger charge is 2.15. The molecule has 0 aliphatic heterocycles. The summed E-state index contributed by atoms with van der Waals surface area (Å²) in [7, 11) is 0. The number of halogens is 1. The molecule has 23 heavy (non-hydrogen) atoms. The molecule has 0 saturated carbocycles. The maximum Gasteiger partial charge on any atom is 0.335 e. The maximum absolute atomic E-state index is 12.9. The quantitative estimate of drug-likeness (QED) is 0.509. The number of hydrogen-bond donors (Lipinski definition) is 0. The Labute approximate surface area is 142 Å². The van der Waals surface area contributed by atoms with Crippen molar-refractivity contribution in [3.05, 3.63) is 75.6 Å². The van der Waals surface area contributed by atoms with Gasteiger partial charge in [-0.15, -0.1) is 0 Å². The molecule has 0 atom stereocenters. The number of benzene rings is 1. The van der Waals surface area contributed by atoms with Gasteiger partial charge in [0.2, 0.25) is 0 Å². The topological polar surface area (TPSA) is 43.5 Å². The van der Waals surface area contributed by atoms with Gasteiger partial charge in [-0.25, -0.2) is 4.79 Å². The molecule has 2 heterocycles. The lowest BCUT2D eigenvalue weighted by atomic mass is 10.1. The minimum atomic E-state index is -0.278. The Morgan fingerprint density at radius 1 is 0.913 bits per heavy atom. The molecule has 3 aromatic rings. The first-order valence-electron chi connectivity index (χ1n) is 7.59. The molecule has 118 valence electrons. The fourth-order valence-corrected chi connectivity index (χ4v) is 3.11. The Morgan fingerprint density at radius 2 is 1.65 bits per heavy atom. The van der Waals surface area contributed by atoms with E-state index >= 15 is 0 Å². The van der Waals surface area contributed by atoms with Gasteiger partial charge >= 0.3 is 5.69 Å². The van der Waals surface area contributed by atoms with Crippen molar-refractivity contribution < 1.29 is 0 Å². The fourth-order valence-electron chi connectivity index (χ4n) is 2.71. The summed E-state index contributed by atoms with van der Waals surface area (Å²) >= 11 is 3.38. The summed E-state index contributed by atoms with van der Waals surface area (Å²) in [5.41, 5.74) is 1.55. The average molecular weight is 373 g/mol. The van der Waals surface area contributed by atoms with E-state index in [0.29, 0.717) is 17.6 Å². The van der Waals surface area contributed by atoms with Gasteiger partial charge in [0.15, 0.2) is 0 Å². The monoisotopic (exact) mass is 372 g/mol. The molecule has 4 nitrogen and oxygen atoms in total. The van der Waals surface area contributed by atoms with Crippen LogP contribution < -0.4 is 11.2 Å². The zero-order chi connectivity index (χ0) is 16.2. The largest absolute Gasteiger partial charge is 0.335 e. The van der Waals surface area contributed by atoms with Gasteiger partial charge in [0.1, 0.15) is 0 Å². The highest BCUT2D eigenvalue weighted by atomic mass is 79.9. The van der Waals surface area contributed by atoms with Crippen LogP contribution in [0.2, 0.25) is 0 Å². The van der Waals surface area contributed by atoms with E-state index in [-0.39, 0.29) is 11.2 Å². The number of rotatable bonds is 5. The predicted molar refractivity (Wildman–Crippen MR) is 96.4 cm³/mol. The van der Waals surface area contributed by atoms with Gasteiger partial charge < -0.3 is 0 Å². The van der Waals surface area contributed by atoms with Gasteiger partial charge in [-0.1, -0.05) is 52.3 Å². The van der Waals surface area contributed by atoms with E-state index in [1.807, 2.05) is 42.5 Å². The van der Waals surface area contributed by atoms with Crippen molar-refractivity contribution in [1.82, 2.24) is 8.97 Å². The molecule has 0 spiro atoms. The van der Waals surface area contributed by atoms with Crippen LogP contribution in [0.4, 0.5) is 0 Å². The number of nitrogens with zero attached hydrogens (tertiary/aromatic N) is 2. The molecule has 0 N–H and O–H groups in total. The summed E-state index contributed by atoms with van der Waals surface area (Å²) in [6, 6.07) is 15.0. The lowest BCUT2D eigenvalue weighted by molar-refractivity contribution is 0.582. The Bertz CT molecular complexity index is 929. The summed E-state index contributed by atoms with van der Waals surface area (Å²) < 4.78 is 2.90. The number of unbranched alkanes of at least 4 members (excludes halogenated alkanes) is 1. The van der Waals surface area contributed by atoms with Crippen molar-refractivity contribution >= 4 is 21.4 Å². The van der Waals surface area contributed by atoms with Crippen LogP contribution >= 0.6 is 15.9 Å². The molecule has 0 saturated heterocycles. The molecule has 0 radical (unpaired) electrons. The Balaban J connectivity index is 2.30. The fraction of sp³-hybridized carbons (Fsp3) is 0.222. The summed E-state index contributed by atoms with van der Waals surface area (Å²) in [6.45, 7) is 0.431. The number of hydrogen-bond acceptors (Lipinski definition) is 2. The van der Waals surface area contributed by atoms with E-state index in [0.717, 1.165) is 23.7 Å². The summed E-state index contributed by atoms with van der Waals surface area (Å²) in [5, 5.41) is 0.863. The number of alkyl halides is 1. The van der Waals surface area contributed by atoms with E-state index in [9.17, 15) is 9.59 Å². The van der Waals surface area contributed by atoms with E-state index in [2.05, 4.69) is 15.9 Å². The summed E-state index contributed by atoms with van der Waals surface area (Å²) in [5.74, 6) is 0. The van der Waals surface area contributed by atoms with E-state index in [1.165, 1.54) is 4.57 Å². The molecule has 0 aliphatic rings. The highest BCUT2D eigenvalue weighted by molar-refractivity contribution is 9.09. The van der Waals surface area contributed by atoms with E-state index in [1.54, 1.807) is 16.7 Å². The molecule has 0 amide bonds. The molecule has 1 aromatic carbocycles. The first-order valence-corrected chi connectivity index (χ1v) is 8.72. The van der Waals surface area contributed by atoms with E-state index in [4.69, 9.17) is 0 Å². The third-order valence-electron chi connectivity index (χ3n) is 3.84. The van der Waals surface area contributed by atoms with Gasteiger partial charge in [0.25, 0.3) is 5.56 Å². The smallest absolute Gasteiger partial charge is 0.269 e. The van der Waals surface area contributed by atoms with E-state index < -0.39 is 0 Å². The van der Waals surface area contributed by atoms with Gasteiger partial charge in [-0.2, -0.15) is 0 Å². The second kappa shape index (κ2) is 6.96. The molecular weight excluding hydrogens is 356 g/mol. The molecule has 2 aromatic heterocycles. The molecule has 0 fully saturated rings. The van der Waals surface area contributed by atoms with Gasteiger partial charge in [-0.05, 0) is 30.5 Å². The minimum absolute atomic E-state index is 0.220. The van der Waals surface area contributed by atoms with Crippen molar-refractivity contribution in [2.75, 3.05) is 5.33 Å². The molecule has 0 aliphatic carbocycles. The van der Waals surface area contributed by atoms with Crippen LogP contribution in [0.3, 0.4) is 0 Å². The van der Waals surface area contributed by atoms with Crippen LogP contribution in [0.5, 0.6) is 0 Å². The summed E-state index contributed by atoms with van der Waals surface area (Å²) in [6.07, 6.45) is 3.42. The third-order valence-corrected chi connectivity index (χ3v) is 4.40. The first-order chi connectivity index (χ1) is 11.2. The van der Waals surface area contributed by atoms with Crippen LogP contribution in [0.1, 0.15) is 12.8 Å². The number of pyridine rings is 1. The Kier molecular flexibility index (Phi) is 4.76. The van der Waals surface area contributed by atoms with Gasteiger partial charge in [0, 0.05) is 18.1 Å². The summed E-state index contributed by atoms with van der Waals surface area (Å²) in [4.78, 5) is 25.6. The predicted octanol–water partition coefficient (Wildman–Crippen LogP) is 3.30. The average Bonchev–Trinajstić information content (AvgIpc) is 2.59. The second-order valence-electron chi connectivity index (χ2n) is 5.33. The zero-order valence-electron chi connectivity index (χ0n) is 12.6. The zero-order valence-corrected chi connectivity index (χ0v) is 14.2. The lowest BCUT2D eigenvalue weighted by Gasteiger charge is -2.12. The first kappa shape index (κ1) is 15.7. The Morgan fingerprint density at radius 3 is 2.39 bits per heavy atom. The normalized spacial score (nSPS) is 11.0. The van der Waals surface area contributed by atoms with Crippen molar-refractivity contribution in [2.45, 2.75) is 19.4 Å². The van der Waals surface area contributed by atoms with Crippen molar-refractivity contribution in [2.24, 2.45) is 0 Å². The third kappa shape index (κ3) is 3.01. The van der Waals surface area contributed by atoms with Crippen molar-refractivity contribution in [3.8, 4) is 11.1 Å². The molecule has 0 bridgehead atoms. The molecule has 5 heteroatoms. The maximum atomic E-state index is 12.9. The van der Waals surface area contributed by atoms with Gasteiger partial charge in [0.05, 0.1) is 11.1 Å². The lowest BCUT2D eigenvalue weighted by Crippen LogP contribution is -2.38. The Hall–Kier alpha value is -2.14. The second-order valence-corrected chi connectivity index (χ2v) is 6.13.